The first-order valence-electron chi connectivity index (χ1n) is 8.90. The highest BCUT2D eigenvalue weighted by atomic mass is 19.1. The number of benzene rings is 1. The quantitative estimate of drug-likeness (QED) is 0.788. The molecule has 7 heteroatoms. The molecule has 1 aromatic carbocycles. The van der Waals surface area contributed by atoms with E-state index in [1.807, 2.05) is 65.8 Å². The van der Waals surface area contributed by atoms with Crippen LogP contribution in [0.4, 0.5) is 4.39 Å². The van der Waals surface area contributed by atoms with Gasteiger partial charge < -0.3 is 13.9 Å². The van der Waals surface area contributed by atoms with E-state index in [2.05, 4.69) is 10.2 Å². The summed E-state index contributed by atoms with van der Waals surface area (Å²) in [6, 6.07) is 7.76. The molecule has 0 N–H and O–H groups in total. The van der Waals surface area contributed by atoms with Crippen molar-refractivity contribution in [2.75, 3.05) is 0 Å². The van der Waals surface area contributed by atoms with Gasteiger partial charge in [-0.2, -0.15) is 0 Å². The van der Waals surface area contributed by atoms with Crippen molar-refractivity contribution >= 4 is 12.6 Å². The van der Waals surface area contributed by atoms with Crippen LogP contribution >= 0.6 is 0 Å². The summed E-state index contributed by atoms with van der Waals surface area (Å²) < 4.78 is 29.1. The minimum absolute atomic E-state index is 0.316. The van der Waals surface area contributed by atoms with E-state index in [0.29, 0.717) is 5.82 Å². The van der Waals surface area contributed by atoms with Crippen molar-refractivity contribution in [3.8, 4) is 0 Å². The SMILES string of the molecule is Cn1cnnc1C(F)C(C)(C)c1cccc(B2OC(C)(C)C(C)(C)O2)c1. The zero-order valence-electron chi connectivity index (χ0n) is 16.6. The highest BCUT2D eigenvalue weighted by molar-refractivity contribution is 6.62. The number of alkyl halides is 1. The Morgan fingerprint density at radius 3 is 2.31 bits per heavy atom. The standard InChI is InChI=1S/C19H27BFN3O2/c1-17(2,15(21)16-23-22-12-24(16)7)13-9-8-10-14(11-13)20-25-18(3,4)19(5,6)26-20/h8-12,15H,1-7H3. The Kier molecular flexibility index (Phi) is 4.52. The van der Waals surface area contributed by atoms with Crippen LogP contribution in [0.1, 0.15) is 59.1 Å². The smallest absolute Gasteiger partial charge is 0.399 e. The van der Waals surface area contributed by atoms with E-state index in [1.54, 1.807) is 11.6 Å². The molecule has 1 aliphatic rings. The van der Waals surface area contributed by atoms with Gasteiger partial charge in [-0.05, 0) is 38.7 Å². The summed E-state index contributed by atoms with van der Waals surface area (Å²) in [5.41, 5.74) is 0.148. The van der Waals surface area contributed by atoms with Crippen LogP contribution in [-0.2, 0) is 21.8 Å². The van der Waals surface area contributed by atoms with Gasteiger partial charge in [0.05, 0.1) is 11.2 Å². The number of nitrogens with zero attached hydrogens (tertiary/aromatic N) is 3. The van der Waals surface area contributed by atoms with Gasteiger partial charge in [-0.3, -0.25) is 0 Å². The Morgan fingerprint density at radius 2 is 1.77 bits per heavy atom. The second-order valence-electron chi connectivity index (χ2n) is 8.60. The largest absolute Gasteiger partial charge is 0.494 e. The van der Waals surface area contributed by atoms with Gasteiger partial charge in [-0.15, -0.1) is 10.2 Å². The Labute approximate surface area is 155 Å². The van der Waals surface area contributed by atoms with Crippen molar-refractivity contribution in [1.29, 1.82) is 0 Å². The van der Waals surface area contributed by atoms with Gasteiger partial charge in [0.25, 0.3) is 0 Å². The molecule has 1 fully saturated rings. The van der Waals surface area contributed by atoms with Crippen molar-refractivity contribution in [1.82, 2.24) is 14.8 Å². The van der Waals surface area contributed by atoms with Crippen molar-refractivity contribution < 1.29 is 13.7 Å². The van der Waals surface area contributed by atoms with E-state index in [-0.39, 0.29) is 0 Å². The van der Waals surface area contributed by atoms with Gasteiger partial charge in [0.2, 0.25) is 0 Å². The molecule has 0 bridgehead atoms. The van der Waals surface area contributed by atoms with E-state index in [4.69, 9.17) is 9.31 Å². The fourth-order valence-electron chi connectivity index (χ4n) is 3.06. The predicted octanol–water partition coefficient (Wildman–Crippen LogP) is 3.10. The van der Waals surface area contributed by atoms with Crippen molar-refractivity contribution in [3.05, 3.63) is 42.0 Å². The number of halogens is 1. The molecule has 0 saturated carbocycles. The molecular weight excluding hydrogens is 332 g/mol. The Bertz CT molecular complexity index is 788. The molecule has 1 atom stereocenters. The normalized spacial score (nSPS) is 20.4. The Morgan fingerprint density at radius 1 is 1.15 bits per heavy atom. The van der Waals surface area contributed by atoms with Gasteiger partial charge >= 0.3 is 7.12 Å². The van der Waals surface area contributed by atoms with Crippen LogP contribution in [0.3, 0.4) is 0 Å². The molecule has 1 unspecified atom stereocenters. The van der Waals surface area contributed by atoms with Gasteiger partial charge in [0.1, 0.15) is 6.33 Å². The molecule has 0 radical (unpaired) electrons. The minimum atomic E-state index is -1.29. The summed E-state index contributed by atoms with van der Waals surface area (Å²) in [7, 11) is 1.28. The van der Waals surface area contributed by atoms with Gasteiger partial charge in [-0.1, -0.05) is 38.1 Å². The maximum atomic E-state index is 15.3. The molecule has 1 saturated heterocycles. The maximum Gasteiger partial charge on any atom is 0.494 e. The van der Waals surface area contributed by atoms with E-state index in [0.717, 1.165) is 11.0 Å². The van der Waals surface area contributed by atoms with Crippen molar-refractivity contribution in [3.63, 3.8) is 0 Å². The molecule has 140 valence electrons. The van der Waals surface area contributed by atoms with E-state index in [1.165, 1.54) is 6.33 Å². The first-order valence-corrected chi connectivity index (χ1v) is 8.90. The van der Waals surface area contributed by atoms with Crippen LogP contribution in [0, 0.1) is 0 Å². The molecule has 5 nitrogen and oxygen atoms in total. The lowest BCUT2D eigenvalue weighted by Gasteiger charge is -2.32. The monoisotopic (exact) mass is 359 g/mol. The minimum Gasteiger partial charge on any atom is -0.399 e. The topological polar surface area (TPSA) is 49.2 Å². The number of hydrogen-bond donors (Lipinski definition) is 0. The van der Waals surface area contributed by atoms with Crippen LogP contribution < -0.4 is 5.46 Å². The second-order valence-corrected chi connectivity index (χ2v) is 8.60. The molecule has 0 spiro atoms. The van der Waals surface area contributed by atoms with Crippen molar-refractivity contribution in [2.45, 2.75) is 64.3 Å². The summed E-state index contributed by atoms with van der Waals surface area (Å²) in [6.45, 7) is 11.8. The third-order valence-electron chi connectivity index (χ3n) is 5.76. The number of aromatic nitrogens is 3. The molecule has 3 rings (SSSR count). The Hall–Kier alpha value is -1.73. The maximum absolute atomic E-state index is 15.3. The molecule has 0 amide bonds. The fourth-order valence-corrected chi connectivity index (χ4v) is 3.06. The third kappa shape index (κ3) is 3.07. The first kappa shape index (κ1) is 19.0. The number of rotatable bonds is 4. The third-order valence-corrected chi connectivity index (χ3v) is 5.76. The number of hydrogen-bond acceptors (Lipinski definition) is 4. The lowest BCUT2D eigenvalue weighted by Crippen LogP contribution is -2.41. The summed E-state index contributed by atoms with van der Waals surface area (Å²) in [5.74, 6) is 0.316. The summed E-state index contributed by atoms with van der Waals surface area (Å²) >= 11 is 0. The fraction of sp³-hybridized carbons (Fsp3) is 0.579. The van der Waals surface area contributed by atoms with Crippen LogP contribution in [-0.4, -0.2) is 33.1 Å². The van der Waals surface area contributed by atoms with Gasteiger partial charge in [0.15, 0.2) is 12.0 Å². The summed E-state index contributed by atoms with van der Waals surface area (Å²) in [5, 5.41) is 7.73. The highest BCUT2D eigenvalue weighted by Crippen LogP contribution is 2.39. The highest BCUT2D eigenvalue weighted by Gasteiger charge is 2.52. The van der Waals surface area contributed by atoms with Crippen LogP contribution in [0.5, 0.6) is 0 Å². The average Bonchev–Trinajstić information content (AvgIpc) is 3.07. The lowest BCUT2D eigenvalue weighted by atomic mass is 9.73. The molecule has 1 aliphatic heterocycles. The zero-order valence-corrected chi connectivity index (χ0v) is 16.6. The number of aryl methyl sites for hydroxylation is 1. The molecule has 0 aliphatic carbocycles. The van der Waals surface area contributed by atoms with E-state index < -0.39 is 29.9 Å². The van der Waals surface area contributed by atoms with Gasteiger partial charge in [0, 0.05) is 12.5 Å². The van der Waals surface area contributed by atoms with Crippen LogP contribution in [0.15, 0.2) is 30.6 Å². The Balaban J connectivity index is 1.91. The molecular formula is C19H27BFN3O2. The van der Waals surface area contributed by atoms with Crippen LogP contribution in [0.2, 0.25) is 0 Å². The molecule has 2 heterocycles. The lowest BCUT2D eigenvalue weighted by molar-refractivity contribution is 0.00578. The van der Waals surface area contributed by atoms with E-state index in [9.17, 15) is 0 Å². The summed E-state index contributed by atoms with van der Waals surface area (Å²) in [4.78, 5) is 0. The van der Waals surface area contributed by atoms with E-state index >= 15 is 4.39 Å². The second kappa shape index (κ2) is 6.17. The average molecular weight is 359 g/mol. The predicted molar refractivity (Wildman–Crippen MR) is 100 cm³/mol. The van der Waals surface area contributed by atoms with Gasteiger partial charge in [-0.25, -0.2) is 4.39 Å². The van der Waals surface area contributed by atoms with Crippen LogP contribution in [0.25, 0.3) is 0 Å². The zero-order chi connectivity index (χ0) is 19.3. The molecule has 1 aromatic heterocycles. The first-order chi connectivity index (χ1) is 12.0. The summed E-state index contributed by atoms with van der Waals surface area (Å²) in [6.07, 6.45) is 0.224. The molecule has 26 heavy (non-hydrogen) atoms. The van der Waals surface area contributed by atoms with Crippen molar-refractivity contribution in [2.24, 2.45) is 7.05 Å². The molecule has 2 aromatic rings.